The van der Waals surface area contributed by atoms with E-state index < -0.39 is 0 Å². The van der Waals surface area contributed by atoms with Crippen LogP contribution in [-0.4, -0.2) is 50.1 Å². The van der Waals surface area contributed by atoms with Gasteiger partial charge in [0.1, 0.15) is 0 Å². The lowest BCUT2D eigenvalue weighted by atomic mass is 9.98. The predicted molar refractivity (Wildman–Crippen MR) is 99.0 cm³/mol. The van der Waals surface area contributed by atoms with Crippen molar-refractivity contribution < 1.29 is 9.59 Å². The van der Waals surface area contributed by atoms with Crippen LogP contribution in [-0.2, 0) is 4.79 Å². The van der Waals surface area contributed by atoms with Crippen LogP contribution < -0.4 is 16.0 Å². The van der Waals surface area contributed by atoms with Crippen LogP contribution in [0.3, 0.4) is 0 Å². The zero-order chi connectivity index (χ0) is 17.4. The molecule has 132 valence electrons. The molecule has 1 aromatic carbocycles. The molecule has 24 heavy (non-hydrogen) atoms. The average Bonchev–Trinajstić information content (AvgIpc) is 2.57. The predicted octanol–water partition coefficient (Wildman–Crippen LogP) is 2.42. The van der Waals surface area contributed by atoms with Crippen molar-refractivity contribution in [3.63, 3.8) is 0 Å². The van der Waals surface area contributed by atoms with Crippen molar-refractivity contribution in [1.29, 1.82) is 0 Å². The standard InChI is InChI=1S/C17H25BrN4O2/c1-19-11-13-3-2-10-22(12-13)16(23)8-9-20-17(24)21-15-6-4-14(18)5-7-15/h4-7,13,19H,2-3,8-12H2,1H3,(H2,20,21,24). The van der Waals surface area contributed by atoms with E-state index in [4.69, 9.17) is 0 Å². The summed E-state index contributed by atoms with van der Waals surface area (Å²) >= 11 is 3.35. The Labute approximate surface area is 151 Å². The van der Waals surface area contributed by atoms with Gasteiger partial charge in [0.05, 0.1) is 0 Å². The minimum absolute atomic E-state index is 0.111. The van der Waals surface area contributed by atoms with E-state index in [1.54, 1.807) is 0 Å². The molecular weight excluding hydrogens is 372 g/mol. The fraction of sp³-hybridized carbons (Fsp3) is 0.529. The van der Waals surface area contributed by atoms with Crippen LogP contribution in [0.4, 0.5) is 10.5 Å². The second-order valence-electron chi connectivity index (χ2n) is 6.04. The molecule has 1 fully saturated rings. The molecule has 0 radical (unpaired) electrons. The summed E-state index contributed by atoms with van der Waals surface area (Å²) in [6.45, 7) is 2.92. The van der Waals surface area contributed by atoms with E-state index in [0.29, 0.717) is 24.6 Å². The van der Waals surface area contributed by atoms with E-state index in [1.165, 1.54) is 6.42 Å². The number of hydrogen-bond acceptors (Lipinski definition) is 3. The number of likely N-dealkylation sites (tertiary alicyclic amines) is 1. The Morgan fingerprint density at radius 2 is 2.04 bits per heavy atom. The minimum Gasteiger partial charge on any atom is -0.342 e. The summed E-state index contributed by atoms with van der Waals surface area (Å²) in [5.74, 6) is 0.640. The highest BCUT2D eigenvalue weighted by Gasteiger charge is 2.22. The maximum absolute atomic E-state index is 12.3. The summed E-state index contributed by atoms with van der Waals surface area (Å²) in [6, 6.07) is 7.04. The number of benzene rings is 1. The summed E-state index contributed by atoms with van der Waals surface area (Å²) in [5, 5.41) is 8.65. The number of carbonyl (C=O) groups excluding carboxylic acids is 2. The van der Waals surface area contributed by atoms with Crippen LogP contribution in [0.2, 0.25) is 0 Å². The van der Waals surface area contributed by atoms with Gasteiger partial charge in [-0.25, -0.2) is 4.79 Å². The van der Waals surface area contributed by atoms with E-state index in [9.17, 15) is 9.59 Å². The van der Waals surface area contributed by atoms with Crippen molar-refractivity contribution >= 4 is 33.6 Å². The highest BCUT2D eigenvalue weighted by atomic mass is 79.9. The van der Waals surface area contributed by atoms with Crippen LogP contribution in [0, 0.1) is 5.92 Å². The Morgan fingerprint density at radius 1 is 1.29 bits per heavy atom. The normalized spacial score (nSPS) is 17.4. The number of nitrogens with one attached hydrogen (secondary N) is 3. The van der Waals surface area contributed by atoms with Crippen LogP contribution in [0.15, 0.2) is 28.7 Å². The number of piperidine rings is 1. The molecule has 0 saturated carbocycles. The third kappa shape index (κ3) is 6.13. The van der Waals surface area contributed by atoms with Gasteiger partial charge in [-0.3, -0.25) is 4.79 Å². The van der Waals surface area contributed by atoms with Crippen LogP contribution in [0.1, 0.15) is 19.3 Å². The van der Waals surface area contributed by atoms with Crippen LogP contribution in [0.25, 0.3) is 0 Å². The van der Waals surface area contributed by atoms with E-state index >= 15 is 0 Å². The van der Waals surface area contributed by atoms with Crippen molar-refractivity contribution in [2.24, 2.45) is 5.92 Å². The molecule has 1 heterocycles. The first kappa shape index (κ1) is 18.7. The van der Waals surface area contributed by atoms with E-state index in [0.717, 1.165) is 30.5 Å². The quantitative estimate of drug-likeness (QED) is 0.690. The fourth-order valence-electron chi connectivity index (χ4n) is 2.90. The van der Waals surface area contributed by atoms with Crippen molar-refractivity contribution in [2.75, 3.05) is 38.5 Å². The summed E-state index contributed by atoms with van der Waals surface area (Å²) in [6.07, 6.45) is 2.55. The molecule has 1 saturated heterocycles. The fourth-order valence-corrected chi connectivity index (χ4v) is 3.16. The monoisotopic (exact) mass is 396 g/mol. The molecule has 7 heteroatoms. The van der Waals surface area contributed by atoms with E-state index in [-0.39, 0.29) is 11.9 Å². The molecule has 1 aliphatic heterocycles. The Balaban J connectivity index is 1.68. The number of hydrogen-bond donors (Lipinski definition) is 3. The highest BCUT2D eigenvalue weighted by molar-refractivity contribution is 9.10. The minimum atomic E-state index is -0.295. The Hall–Kier alpha value is -1.60. The maximum Gasteiger partial charge on any atom is 0.319 e. The van der Waals surface area contributed by atoms with Gasteiger partial charge in [-0.15, -0.1) is 0 Å². The van der Waals surface area contributed by atoms with Gasteiger partial charge in [0.15, 0.2) is 0 Å². The Morgan fingerprint density at radius 3 is 2.75 bits per heavy atom. The number of halogens is 1. The summed E-state index contributed by atoms with van der Waals surface area (Å²) in [7, 11) is 1.94. The molecule has 0 aliphatic carbocycles. The zero-order valence-corrected chi connectivity index (χ0v) is 15.6. The first-order valence-electron chi connectivity index (χ1n) is 8.31. The number of rotatable bonds is 6. The maximum atomic E-state index is 12.3. The SMILES string of the molecule is CNCC1CCCN(C(=O)CCNC(=O)Nc2ccc(Br)cc2)C1. The number of amides is 3. The van der Waals surface area contributed by atoms with Crippen LogP contribution >= 0.6 is 15.9 Å². The molecule has 6 nitrogen and oxygen atoms in total. The third-order valence-corrected chi connectivity index (χ3v) is 4.62. The van der Waals surface area contributed by atoms with Gasteiger partial charge in [-0.05, 0) is 56.6 Å². The first-order valence-corrected chi connectivity index (χ1v) is 9.10. The number of urea groups is 1. The molecule has 0 aromatic heterocycles. The van der Waals surface area contributed by atoms with Crippen LogP contribution in [0.5, 0.6) is 0 Å². The smallest absolute Gasteiger partial charge is 0.319 e. The first-order chi connectivity index (χ1) is 11.6. The second-order valence-corrected chi connectivity index (χ2v) is 6.96. The van der Waals surface area contributed by atoms with Crippen molar-refractivity contribution in [2.45, 2.75) is 19.3 Å². The Kier molecular flexibility index (Phi) is 7.52. The molecule has 0 spiro atoms. The molecule has 1 unspecified atom stereocenters. The van der Waals surface area contributed by atoms with Gasteiger partial charge in [-0.2, -0.15) is 0 Å². The largest absolute Gasteiger partial charge is 0.342 e. The van der Waals surface area contributed by atoms with Gasteiger partial charge in [0.2, 0.25) is 5.91 Å². The molecule has 0 bridgehead atoms. The lowest BCUT2D eigenvalue weighted by molar-refractivity contribution is -0.132. The molecule has 2 rings (SSSR count). The summed E-state index contributed by atoms with van der Waals surface area (Å²) in [5.41, 5.74) is 0.716. The lowest BCUT2D eigenvalue weighted by Gasteiger charge is -2.32. The van der Waals surface area contributed by atoms with Gasteiger partial charge in [0, 0.05) is 36.2 Å². The van der Waals surface area contributed by atoms with Crippen molar-refractivity contribution in [3.8, 4) is 0 Å². The van der Waals surface area contributed by atoms with Crippen molar-refractivity contribution in [3.05, 3.63) is 28.7 Å². The second kappa shape index (κ2) is 9.64. The molecule has 3 N–H and O–H groups in total. The van der Waals surface area contributed by atoms with Gasteiger partial charge < -0.3 is 20.9 Å². The topological polar surface area (TPSA) is 73.5 Å². The Bertz CT molecular complexity index is 548. The van der Waals surface area contributed by atoms with Gasteiger partial charge in [-0.1, -0.05) is 15.9 Å². The third-order valence-electron chi connectivity index (χ3n) is 4.09. The van der Waals surface area contributed by atoms with Crippen molar-refractivity contribution in [1.82, 2.24) is 15.5 Å². The summed E-state index contributed by atoms with van der Waals surface area (Å²) < 4.78 is 0.956. The zero-order valence-electron chi connectivity index (χ0n) is 14.0. The molecule has 1 atom stereocenters. The summed E-state index contributed by atoms with van der Waals surface area (Å²) in [4.78, 5) is 26.0. The molecule has 3 amide bonds. The van der Waals surface area contributed by atoms with Gasteiger partial charge >= 0.3 is 6.03 Å². The number of carbonyl (C=O) groups is 2. The lowest BCUT2D eigenvalue weighted by Crippen LogP contribution is -2.43. The van der Waals surface area contributed by atoms with Gasteiger partial charge in [0.25, 0.3) is 0 Å². The highest BCUT2D eigenvalue weighted by Crippen LogP contribution is 2.16. The molecule has 1 aromatic rings. The number of anilines is 1. The molecular formula is C17H25BrN4O2. The number of nitrogens with zero attached hydrogens (tertiary/aromatic N) is 1. The van der Waals surface area contributed by atoms with E-state index in [2.05, 4.69) is 31.9 Å². The average molecular weight is 397 g/mol. The van der Waals surface area contributed by atoms with E-state index in [1.807, 2.05) is 36.2 Å². The molecule has 1 aliphatic rings.